The number of carbonyl (C=O) groups is 1. The summed E-state index contributed by atoms with van der Waals surface area (Å²) >= 11 is 7.38. The average molecular weight is 336 g/mol. The molecular weight excluding hydrogens is 318 g/mol. The third-order valence-corrected chi connectivity index (χ3v) is 5.32. The molecule has 0 aliphatic carbocycles. The number of likely N-dealkylation sites (N-methyl/N-ethyl adjacent to an activating group) is 1. The quantitative estimate of drug-likeness (QED) is 0.846. The van der Waals surface area contributed by atoms with Gasteiger partial charge in [0.1, 0.15) is 9.88 Å². The second-order valence-electron chi connectivity index (χ2n) is 5.54. The molecule has 0 bridgehead atoms. The molecule has 1 saturated heterocycles. The fourth-order valence-electron chi connectivity index (χ4n) is 2.46. The molecule has 3 rings (SSSR count). The van der Waals surface area contributed by atoms with Crippen LogP contribution in [0.4, 0.5) is 0 Å². The van der Waals surface area contributed by atoms with E-state index in [4.69, 9.17) is 11.6 Å². The van der Waals surface area contributed by atoms with E-state index in [0.717, 1.165) is 47.3 Å². The molecule has 1 aromatic heterocycles. The van der Waals surface area contributed by atoms with Crippen molar-refractivity contribution in [2.45, 2.75) is 6.92 Å². The minimum atomic E-state index is 0.100. The van der Waals surface area contributed by atoms with Crippen LogP contribution in [0.3, 0.4) is 0 Å². The molecule has 2 heterocycles. The summed E-state index contributed by atoms with van der Waals surface area (Å²) in [6.45, 7) is 5.31. The van der Waals surface area contributed by atoms with Gasteiger partial charge in [0, 0.05) is 36.8 Å². The predicted molar refractivity (Wildman–Crippen MR) is 90.7 cm³/mol. The maximum atomic E-state index is 12.7. The number of aryl methyl sites for hydroxylation is 1. The molecule has 0 saturated carbocycles. The van der Waals surface area contributed by atoms with E-state index >= 15 is 0 Å². The topological polar surface area (TPSA) is 36.4 Å². The van der Waals surface area contributed by atoms with Crippen molar-refractivity contribution in [3.05, 3.63) is 39.9 Å². The summed E-state index contributed by atoms with van der Waals surface area (Å²) < 4.78 is 0. The lowest BCUT2D eigenvalue weighted by Crippen LogP contribution is -2.47. The molecule has 4 nitrogen and oxygen atoms in total. The Morgan fingerprint density at radius 1 is 1.18 bits per heavy atom. The molecule has 2 aromatic rings. The highest BCUT2D eigenvalue weighted by Crippen LogP contribution is 2.29. The number of amides is 1. The molecule has 1 fully saturated rings. The maximum absolute atomic E-state index is 12.7. The van der Waals surface area contributed by atoms with E-state index in [1.165, 1.54) is 11.3 Å². The van der Waals surface area contributed by atoms with E-state index in [0.29, 0.717) is 5.02 Å². The van der Waals surface area contributed by atoms with E-state index in [1.807, 2.05) is 36.1 Å². The maximum Gasteiger partial charge on any atom is 0.265 e. The normalized spacial score (nSPS) is 16.0. The Morgan fingerprint density at radius 2 is 1.82 bits per heavy atom. The van der Waals surface area contributed by atoms with Gasteiger partial charge in [-0.2, -0.15) is 0 Å². The zero-order chi connectivity index (χ0) is 15.7. The van der Waals surface area contributed by atoms with Gasteiger partial charge in [-0.25, -0.2) is 4.98 Å². The average Bonchev–Trinajstić information content (AvgIpc) is 2.90. The van der Waals surface area contributed by atoms with Crippen LogP contribution in [-0.2, 0) is 0 Å². The fourth-order valence-corrected chi connectivity index (χ4v) is 3.63. The fraction of sp³-hybridized carbons (Fsp3) is 0.375. The van der Waals surface area contributed by atoms with Gasteiger partial charge in [0.15, 0.2) is 0 Å². The SMILES string of the molecule is Cc1nc(-c2ccc(Cl)cc2)sc1C(=O)N1CCN(C)CC1. The molecule has 0 N–H and O–H groups in total. The third-order valence-electron chi connectivity index (χ3n) is 3.87. The first-order chi connectivity index (χ1) is 10.5. The minimum Gasteiger partial charge on any atom is -0.335 e. The lowest BCUT2D eigenvalue weighted by molar-refractivity contribution is 0.0668. The number of rotatable bonds is 2. The zero-order valence-electron chi connectivity index (χ0n) is 12.7. The van der Waals surface area contributed by atoms with Crippen LogP contribution in [0.15, 0.2) is 24.3 Å². The summed E-state index contributed by atoms with van der Waals surface area (Å²) in [4.78, 5) is 22.1. The number of thiazole rings is 1. The van der Waals surface area contributed by atoms with Gasteiger partial charge in [-0.3, -0.25) is 4.79 Å². The molecule has 0 atom stereocenters. The Kier molecular flexibility index (Phi) is 4.47. The van der Waals surface area contributed by atoms with Crippen LogP contribution in [0, 0.1) is 6.92 Å². The number of benzene rings is 1. The number of carbonyl (C=O) groups excluding carboxylic acids is 1. The highest BCUT2D eigenvalue weighted by atomic mass is 35.5. The largest absolute Gasteiger partial charge is 0.335 e. The van der Waals surface area contributed by atoms with Crippen molar-refractivity contribution in [2.24, 2.45) is 0 Å². The van der Waals surface area contributed by atoms with Crippen molar-refractivity contribution in [1.82, 2.24) is 14.8 Å². The first-order valence-electron chi connectivity index (χ1n) is 7.26. The predicted octanol–water partition coefficient (Wildman–Crippen LogP) is 3.16. The van der Waals surface area contributed by atoms with Crippen molar-refractivity contribution in [3.8, 4) is 10.6 Å². The smallest absolute Gasteiger partial charge is 0.265 e. The van der Waals surface area contributed by atoms with Gasteiger partial charge in [-0.15, -0.1) is 11.3 Å². The van der Waals surface area contributed by atoms with E-state index in [9.17, 15) is 4.79 Å². The molecule has 22 heavy (non-hydrogen) atoms. The van der Waals surface area contributed by atoms with Crippen LogP contribution in [0.1, 0.15) is 15.4 Å². The summed E-state index contributed by atoms with van der Waals surface area (Å²) in [7, 11) is 2.08. The number of hydrogen-bond donors (Lipinski definition) is 0. The van der Waals surface area contributed by atoms with Crippen LogP contribution < -0.4 is 0 Å². The number of halogens is 1. The van der Waals surface area contributed by atoms with E-state index in [2.05, 4.69) is 16.9 Å². The Bertz CT molecular complexity index is 675. The Balaban J connectivity index is 1.83. The van der Waals surface area contributed by atoms with Gasteiger partial charge < -0.3 is 9.80 Å². The summed E-state index contributed by atoms with van der Waals surface area (Å²) in [6.07, 6.45) is 0. The second-order valence-corrected chi connectivity index (χ2v) is 6.97. The molecule has 0 radical (unpaired) electrons. The van der Waals surface area contributed by atoms with Crippen molar-refractivity contribution in [2.75, 3.05) is 33.2 Å². The Hall–Kier alpha value is -1.43. The molecule has 1 aliphatic rings. The monoisotopic (exact) mass is 335 g/mol. The summed E-state index contributed by atoms with van der Waals surface area (Å²) in [6, 6.07) is 7.56. The zero-order valence-corrected chi connectivity index (χ0v) is 14.2. The highest BCUT2D eigenvalue weighted by molar-refractivity contribution is 7.17. The third kappa shape index (κ3) is 3.16. The van der Waals surface area contributed by atoms with Crippen molar-refractivity contribution in [3.63, 3.8) is 0 Å². The molecule has 1 aromatic carbocycles. The Morgan fingerprint density at radius 3 is 2.45 bits per heavy atom. The second kappa shape index (κ2) is 6.36. The first kappa shape index (κ1) is 15.5. The van der Waals surface area contributed by atoms with Gasteiger partial charge in [0.05, 0.1) is 5.69 Å². The minimum absolute atomic E-state index is 0.100. The number of hydrogen-bond acceptors (Lipinski definition) is 4. The van der Waals surface area contributed by atoms with Crippen LogP contribution in [0.2, 0.25) is 5.02 Å². The van der Waals surface area contributed by atoms with E-state index in [1.54, 1.807) is 0 Å². The van der Waals surface area contributed by atoms with Gasteiger partial charge >= 0.3 is 0 Å². The first-order valence-corrected chi connectivity index (χ1v) is 8.45. The van der Waals surface area contributed by atoms with Crippen LogP contribution in [-0.4, -0.2) is 53.9 Å². The molecular formula is C16H18ClN3OS. The number of piperazine rings is 1. The van der Waals surface area contributed by atoms with Gasteiger partial charge in [-0.1, -0.05) is 23.7 Å². The van der Waals surface area contributed by atoms with Gasteiger partial charge in [0.25, 0.3) is 5.91 Å². The summed E-state index contributed by atoms with van der Waals surface area (Å²) in [5.74, 6) is 0.100. The standard InChI is InChI=1S/C16H18ClN3OS/c1-11-14(16(21)20-9-7-19(2)8-10-20)22-15(18-11)12-3-5-13(17)6-4-12/h3-6H,7-10H2,1-2H3. The van der Waals surface area contributed by atoms with Crippen LogP contribution in [0.25, 0.3) is 10.6 Å². The van der Waals surface area contributed by atoms with Crippen molar-refractivity contribution >= 4 is 28.8 Å². The highest BCUT2D eigenvalue weighted by Gasteiger charge is 2.24. The molecule has 116 valence electrons. The van der Waals surface area contributed by atoms with E-state index in [-0.39, 0.29) is 5.91 Å². The van der Waals surface area contributed by atoms with Crippen LogP contribution in [0.5, 0.6) is 0 Å². The number of aromatic nitrogens is 1. The summed E-state index contributed by atoms with van der Waals surface area (Å²) in [5.41, 5.74) is 1.80. The van der Waals surface area contributed by atoms with Crippen molar-refractivity contribution in [1.29, 1.82) is 0 Å². The van der Waals surface area contributed by atoms with Crippen LogP contribution >= 0.6 is 22.9 Å². The lowest BCUT2D eigenvalue weighted by Gasteiger charge is -2.32. The molecule has 6 heteroatoms. The molecule has 1 aliphatic heterocycles. The molecule has 0 unspecified atom stereocenters. The van der Waals surface area contributed by atoms with Gasteiger partial charge in [0.2, 0.25) is 0 Å². The lowest BCUT2D eigenvalue weighted by atomic mass is 10.2. The Labute approximate surface area is 139 Å². The van der Waals surface area contributed by atoms with Crippen molar-refractivity contribution < 1.29 is 4.79 Å². The number of nitrogens with zero attached hydrogens (tertiary/aromatic N) is 3. The molecule has 0 spiro atoms. The van der Waals surface area contributed by atoms with Gasteiger partial charge in [-0.05, 0) is 26.1 Å². The molecule has 1 amide bonds. The summed E-state index contributed by atoms with van der Waals surface area (Å²) in [5, 5.41) is 1.57. The van der Waals surface area contributed by atoms with E-state index < -0.39 is 0 Å².